The number of rotatable bonds is 10. The summed E-state index contributed by atoms with van der Waals surface area (Å²) in [7, 11) is 0. The van der Waals surface area contributed by atoms with Gasteiger partial charge in [-0.15, -0.1) is 5.59 Å². The minimum Gasteiger partial charge on any atom is -0.481 e. The van der Waals surface area contributed by atoms with Gasteiger partial charge in [0.25, 0.3) is 0 Å². The second-order valence-electron chi connectivity index (χ2n) is 4.03. The molecule has 9 heteroatoms. The number of aliphatic carboxylic acids is 1. The first kappa shape index (κ1) is 19.4. The van der Waals surface area contributed by atoms with Gasteiger partial charge in [-0.3, -0.25) is 10.1 Å². The second kappa shape index (κ2) is 14.8. The maximum Gasteiger partial charge on any atom is 0.306 e. The lowest BCUT2D eigenvalue weighted by molar-refractivity contribution is -0.280. The largest absolute Gasteiger partial charge is 0.481 e. The molecule has 0 bridgehead atoms. The molecule has 9 nitrogen and oxygen atoms in total. The number of hydrazine groups is 1. The number of carboxylic acid groups (broad SMARTS) is 1. The molecule has 1 atom stereocenters. The maximum absolute atomic E-state index is 10.3. The maximum atomic E-state index is 10.3. The molecule has 0 fully saturated rings. The molecule has 1 rings (SSSR count). The highest BCUT2D eigenvalue weighted by Crippen LogP contribution is 2.09. The predicted octanol–water partition coefficient (Wildman–Crippen LogP) is 1.34. The fourth-order valence-corrected chi connectivity index (χ4v) is 1.42. The van der Waals surface area contributed by atoms with Crippen LogP contribution in [0.25, 0.3) is 0 Å². The van der Waals surface area contributed by atoms with Gasteiger partial charge >= 0.3 is 5.97 Å². The molecular weight excluding hydrogens is 284 g/mol. The third kappa shape index (κ3) is 14.6. The zero-order chi connectivity index (χ0) is 15.8. The normalized spacial score (nSPS) is 13.6. The minimum absolute atomic E-state index is 0.188. The Labute approximate surface area is 122 Å². The Kier molecular flexibility index (Phi) is 13.6. The van der Waals surface area contributed by atoms with Crippen molar-refractivity contribution in [2.24, 2.45) is 0 Å². The van der Waals surface area contributed by atoms with Crippen molar-refractivity contribution in [2.45, 2.75) is 38.2 Å². The molecule has 0 aliphatic carbocycles. The summed E-state index contributed by atoms with van der Waals surface area (Å²) in [5.41, 5.74) is 4.33. The van der Waals surface area contributed by atoms with Crippen LogP contribution in [0.1, 0.15) is 32.1 Å². The van der Waals surface area contributed by atoms with Crippen LogP contribution in [0.3, 0.4) is 0 Å². The van der Waals surface area contributed by atoms with E-state index in [-0.39, 0.29) is 6.42 Å². The Balaban J connectivity index is 0.000000547. The fraction of sp³-hybridized carbons (Fsp3) is 0.583. The van der Waals surface area contributed by atoms with E-state index in [0.717, 1.165) is 19.3 Å². The topological polar surface area (TPSA) is 130 Å². The van der Waals surface area contributed by atoms with Crippen LogP contribution in [-0.4, -0.2) is 34.2 Å². The Morgan fingerprint density at radius 3 is 2.19 bits per heavy atom. The molecule has 0 aromatic heterocycles. The number of carbonyl (C=O) groups is 1. The van der Waals surface area contributed by atoms with Gasteiger partial charge in [-0.1, -0.05) is 12.8 Å². The molecule has 1 aliphatic heterocycles. The minimum atomic E-state index is -0.986. The van der Waals surface area contributed by atoms with Gasteiger partial charge in [0.15, 0.2) is 0 Å². The number of unbranched alkanes of at least 4 members (excludes halogenated alkanes) is 2. The summed E-state index contributed by atoms with van der Waals surface area (Å²) in [6.07, 6.45) is 8.01. The molecule has 0 amide bonds. The quantitative estimate of drug-likeness (QED) is 0.230. The molecule has 122 valence electrons. The lowest BCUT2D eigenvalue weighted by Crippen LogP contribution is -2.28. The van der Waals surface area contributed by atoms with Crippen LogP contribution in [0.4, 0.5) is 0 Å². The van der Waals surface area contributed by atoms with Crippen LogP contribution in [0.2, 0.25) is 0 Å². The van der Waals surface area contributed by atoms with Crippen molar-refractivity contribution in [2.75, 3.05) is 6.54 Å². The molecule has 0 aromatic carbocycles. The Morgan fingerprint density at radius 1 is 1.14 bits per heavy atom. The molecule has 0 spiro atoms. The lowest BCUT2D eigenvalue weighted by atomic mass is 10.1. The van der Waals surface area contributed by atoms with Gasteiger partial charge in [0, 0.05) is 6.54 Å². The van der Waals surface area contributed by atoms with E-state index >= 15 is 0 Å². The van der Waals surface area contributed by atoms with Gasteiger partial charge in [-0.2, -0.15) is 0 Å². The molecule has 0 radical (unpaired) electrons. The summed E-state index contributed by atoms with van der Waals surface area (Å²) >= 11 is 0. The Morgan fingerprint density at radius 2 is 1.76 bits per heavy atom. The summed E-state index contributed by atoms with van der Waals surface area (Å²) in [4.78, 5) is 14.3. The van der Waals surface area contributed by atoms with E-state index in [2.05, 4.69) is 19.8 Å². The van der Waals surface area contributed by atoms with Crippen molar-refractivity contribution >= 4 is 5.97 Å². The van der Waals surface area contributed by atoms with Crippen molar-refractivity contribution < 1.29 is 34.7 Å². The van der Waals surface area contributed by atoms with Crippen molar-refractivity contribution in [3.8, 4) is 0 Å². The van der Waals surface area contributed by atoms with E-state index in [1.54, 1.807) is 0 Å². The summed E-state index contributed by atoms with van der Waals surface area (Å²) in [6, 6.07) is 0. The summed E-state index contributed by atoms with van der Waals surface area (Å²) < 4.78 is 9.17. The van der Waals surface area contributed by atoms with Gasteiger partial charge < -0.3 is 19.8 Å². The Hall–Kier alpha value is -1.65. The molecule has 0 saturated heterocycles. The molecule has 0 saturated carbocycles. The standard InChI is InChI=1S/C8H18N2O5.C4H4O2/c11-8(12)6-7(15-14)4-2-1-3-5-9-10-13;1-2-6-4-3-5-1/h7,9-10,13-14H,1-6H2,(H,11,12);1-4H. The zero-order valence-electron chi connectivity index (χ0n) is 11.6. The highest BCUT2D eigenvalue weighted by molar-refractivity contribution is 5.67. The molecular formula is C12H22N2O7. The number of hydrogen-bond acceptors (Lipinski definition) is 8. The van der Waals surface area contributed by atoms with Crippen molar-refractivity contribution in [3.05, 3.63) is 25.0 Å². The third-order valence-electron chi connectivity index (χ3n) is 2.38. The van der Waals surface area contributed by atoms with Crippen LogP contribution >= 0.6 is 0 Å². The van der Waals surface area contributed by atoms with Crippen LogP contribution in [0.5, 0.6) is 0 Å². The molecule has 1 unspecified atom stereocenters. The first-order valence-electron chi connectivity index (χ1n) is 6.45. The van der Waals surface area contributed by atoms with Gasteiger partial charge in [0.05, 0.1) is 6.42 Å². The first-order chi connectivity index (χ1) is 10.2. The van der Waals surface area contributed by atoms with Gasteiger partial charge in [0.1, 0.15) is 31.2 Å². The highest BCUT2D eigenvalue weighted by atomic mass is 17.1. The second-order valence-corrected chi connectivity index (χ2v) is 4.03. The van der Waals surface area contributed by atoms with Crippen molar-refractivity contribution in [1.29, 1.82) is 0 Å². The average molecular weight is 306 g/mol. The van der Waals surface area contributed by atoms with Gasteiger partial charge in [0.2, 0.25) is 0 Å². The van der Waals surface area contributed by atoms with Crippen LogP contribution < -0.4 is 11.0 Å². The number of ether oxygens (including phenoxy) is 2. The molecule has 1 aliphatic rings. The number of nitrogens with one attached hydrogen (secondary N) is 2. The van der Waals surface area contributed by atoms with Crippen LogP contribution in [0.15, 0.2) is 25.0 Å². The third-order valence-corrected chi connectivity index (χ3v) is 2.38. The first-order valence-corrected chi connectivity index (χ1v) is 6.45. The van der Waals surface area contributed by atoms with Crippen LogP contribution in [0, 0.1) is 0 Å². The number of hydrogen-bond donors (Lipinski definition) is 5. The van der Waals surface area contributed by atoms with E-state index in [0.29, 0.717) is 13.0 Å². The molecule has 0 aromatic rings. The number of carboxylic acids is 1. The monoisotopic (exact) mass is 306 g/mol. The Bertz CT molecular complexity index is 290. The molecule has 5 N–H and O–H groups in total. The summed E-state index contributed by atoms with van der Waals surface area (Å²) in [5, 5.41) is 25.0. The van der Waals surface area contributed by atoms with Gasteiger partial charge in [-0.25, -0.2) is 10.3 Å². The van der Waals surface area contributed by atoms with E-state index < -0.39 is 12.1 Å². The molecule has 1 heterocycles. The van der Waals surface area contributed by atoms with Crippen molar-refractivity contribution in [1.82, 2.24) is 11.0 Å². The molecule has 21 heavy (non-hydrogen) atoms. The van der Waals surface area contributed by atoms with Gasteiger partial charge in [-0.05, 0) is 12.8 Å². The van der Waals surface area contributed by atoms with E-state index in [4.69, 9.17) is 15.6 Å². The average Bonchev–Trinajstić information content (AvgIpc) is 2.51. The van der Waals surface area contributed by atoms with Crippen LogP contribution in [-0.2, 0) is 19.2 Å². The van der Waals surface area contributed by atoms with E-state index in [1.807, 2.05) is 5.59 Å². The summed E-state index contributed by atoms with van der Waals surface area (Å²) in [6.45, 7) is 0.625. The smallest absolute Gasteiger partial charge is 0.306 e. The van der Waals surface area contributed by atoms with E-state index in [1.165, 1.54) is 25.0 Å². The SMILES string of the molecule is C1=COC=CO1.O=C(O)CC(CCCCCNNO)OO. The lowest BCUT2D eigenvalue weighted by Gasteiger charge is -2.10. The zero-order valence-corrected chi connectivity index (χ0v) is 11.6. The summed E-state index contributed by atoms with van der Waals surface area (Å²) in [5.74, 6) is -0.986. The predicted molar refractivity (Wildman–Crippen MR) is 71.6 cm³/mol. The highest BCUT2D eigenvalue weighted by Gasteiger charge is 2.12. The van der Waals surface area contributed by atoms with Crippen molar-refractivity contribution in [3.63, 3.8) is 0 Å². The van der Waals surface area contributed by atoms with E-state index in [9.17, 15) is 4.79 Å². The fourth-order valence-electron chi connectivity index (χ4n) is 1.42.